The molecule has 0 aliphatic heterocycles. The Morgan fingerprint density at radius 1 is 1.08 bits per heavy atom. The first-order chi connectivity index (χ1) is 11.4. The summed E-state index contributed by atoms with van der Waals surface area (Å²) >= 11 is 5.79. The van der Waals surface area contributed by atoms with Crippen LogP contribution in [0.25, 0.3) is 0 Å². The molecule has 128 valence electrons. The van der Waals surface area contributed by atoms with Gasteiger partial charge in [-0.05, 0) is 91.7 Å². The van der Waals surface area contributed by atoms with E-state index in [2.05, 4.69) is 87.4 Å². The number of aryl methyl sites for hydroxylation is 2. The largest absolute Gasteiger partial charge is 0.457 e. The van der Waals surface area contributed by atoms with Crippen LogP contribution in [0.2, 0.25) is 0 Å². The van der Waals surface area contributed by atoms with E-state index in [0.29, 0.717) is 0 Å². The van der Waals surface area contributed by atoms with E-state index in [1.807, 2.05) is 25.4 Å². The first kappa shape index (κ1) is 19.2. The van der Waals surface area contributed by atoms with Crippen molar-refractivity contribution in [2.45, 2.75) is 27.7 Å². The topological polar surface area (TPSA) is 24.8 Å². The SMILES string of the molecule is CCN(C=Nc1cc(C)c(Oc2cc(Br)cc(I)c2)cc1C)CC. The molecular formula is C19H22BrIN2O. The predicted octanol–water partition coefficient (Wildman–Crippen LogP) is 6.46. The Labute approximate surface area is 166 Å². The summed E-state index contributed by atoms with van der Waals surface area (Å²) in [6.07, 6.45) is 1.92. The van der Waals surface area contributed by atoms with Crippen LogP contribution in [0.4, 0.5) is 5.69 Å². The fourth-order valence-electron chi connectivity index (χ4n) is 2.27. The van der Waals surface area contributed by atoms with Crippen molar-refractivity contribution in [1.82, 2.24) is 4.90 Å². The van der Waals surface area contributed by atoms with Gasteiger partial charge in [0.2, 0.25) is 0 Å². The Kier molecular flexibility index (Phi) is 7.10. The summed E-state index contributed by atoms with van der Waals surface area (Å²) in [4.78, 5) is 6.79. The second-order valence-corrected chi connectivity index (χ2v) is 7.74. The molecule has 0 heterocycles. The van der Waals surface area contributed by atoms with Gasteiger partial charge in [0, 0.05) is 21.1 Å². The van der Waals surface area contributed by atoms with Crippen LogP contribution in [-0.4, -0.2) is 24.3 Å². The summed E-state index contributed by atoms with van der Waals surface area (Å²) in [5.74, 6) is 1.69. The molecule has 0 fully saturated rings. The number of halogens is 2. The van der Waals surface area contributed by atoms with Gasteiger partial charge in [-0.2, -0.15) is 0 Å². The Hall–Kier alpha value is -1.08. The zero-order valence-electron chi connectivity index (χ0n) is 14.4. The van der Waals surface area contributed by atoms with E-state index in [-0.39, 0.29) is 0 Å². The highest BCUT2D eigenvalue weighted by Gasteiger charge is 2.07. The average molecular weight is 501 g/mol. The zero-order chi connectivity index (χ0) is 17.7. The molecular weight excluding hydrogens is 479 g/mol. The summed E-state index contributed by atoms with van der Waals surface area (Å²) in [5, 5.41) is 0. The van der Waals surface area contributed by atoms with Gasteiger partial charge in [-0.1, -0.05) is 15.9 Å². The van der Waals surface area contributed by atoms with Crippen LogP contribution in [0.5, 0.6) is 11.5 Å². The van der Waals surface area contributed by atoms with Gasteiger partial charge in [0.1, 0.15) is 11.5 Å². The van der Waals surface area contributed by atoms with Gasteiger partial charge in [-0.3, -0.25) is 0 Å². The Morgan fingerprint density at radius 3 is 2.42 bits per heavy atom. The van der Waals surface area contributed by atoms with Crippen LogP contribution >= 0.6 is 38.5 Å². The molecule has 0 aliphatic rings. The first-order valence-corrected chi connectivity index (χ1v) is 9.83. The van der Waals surface area contributed by atoms with Gasteiger partial charge in [0.15, 0.2) is 0 Å². The highest BCUT2D eigenvalue weighted by Crippen LogP contribution is 2.33. The molecule has 2 rings (SSSR count). The maximum Gasteiger partial charge on any atom is 0.130 e. The molecule has 0 N–H and O–H groups in total. The van der Waals surface area contributed by atoms with Crippen molar-refractivity contribution in [2.75, 3.05) is 13.1 Å². The lowest BCUT2D eigenvalue weighted by Crippen LogP contribution is -2.20. The van der Waals surface area contributed by atoms with Gasteiger partial charge in [0.25, 0.3) is 0 Å². The molecule has 24 heavy (non-hydrogen) atoms. The summed E-state index contributed by atoms with van der Waals surface area (Å²) < 4.78 is 8.22. The second-order valence-electron chi connectivity index (χ2n) is 5.58. The number of aliphatic imine (C=N–C) groups is 1. The molecule has 0 bridgehead atoms. The van der Waals surface area contributed by atoms with E-state index in [0.717, 1.165) is 49.4 Å². The Morgan fingerprint density at radius 2 is 1.79 bits per heavy atom. The lowest BCUT2D eigenvalue weighted by atomic mass is 10.1. The quantitative estimate of drug-likeness (QED) is 0.258. The number of rotatable bonds is 6. The van der Waals surface area contributed by atoms with Crippen molar-refractivity contribution in [2.24, 2.45) is 4.99 Å². The van der Waals surface area contributed by atoms with Crippen molar-refractivity contribution < 1.29 is 4.74 Å². The maximum atomic E-state index is 6.08. The molecule has 2 aromatic carbocycles. The number of ether oxygens (including phenoxy) is 1. The minimum absolute atomic E-state index is 0.829. The first-order valence-electron chi connectivity index (χ1n) is 7.96. The number of nitrogens with zero attached hydrogens (tertiary/aromatic N) is 2. The Bertz CT molecular complexity index is 722. The molecule has 0 saturated carbocycles. The maximum absolute atomic E-state index is 6.08. The molecule has 0 saturated heterocycles. The van der Waals surface area contributed by atoms with E-state index in [1.165, 1.54) is 0 Å². The fraction of sp³-hybridized carbons (Fsp3) is 0.316. The van der Waals surface area contributed by atoms with Crippen molar-refractivity contribution in [3.8, 4) is 11.5 Å². The number of benzene rings is 2. The van der Waals surface area contributed by atoms with Gasteiger partial charge >= 0.3 is 0 Å². The molecule has 0 atom stereocenters. The summed E-state index contributed by atoms with van der Waals surface area (Å²) in [7, 11) is 0. The van der Waals surface area contributed by atoms with Crippen LogP contribution in [0.1, 0.15) is 25.0 Å². The minimum atomic E-state index is 0.829. The summed E-state index contributed by atoms with van der Waals surface area (Å²) in [5.41, 5.74) is 3.15. The molecule has 2 aromatic rings. The van der Waals surface area contributed by atoms with Crippen LogP contribution < -0.4 is 4.74 Å². The molecule has 0 radical (unpaired) electrons. The van der Waals surface area contributed by atoms with Crippen molar-refractivity contribution in [3.05, 3.63) is 49.5 Å². The van der Waals surface area contributed by atoms with Crippen molar-refractivity contribution >= 4 is 50.5 Å². The van der Waals surface area contributed by atoms with Gasteiger partial charge < -0.3 is 9.64 Å². The summed E-state index contributed by atoms with van der Waals surface area (Å²) in [6, 6.07) is 10.2. The molecule has 0 aliphatic carbocycles. The summed E-state index contributed by atoms with van der Waals surface area (Å²) in [6.45, 7) is 10.3. The van der Waals surface area contributed by atoms with E-state index in [1.54, 1.807) is 0 Å². The van der Waals surface area contributed by atoms with Crippen LogP contribution in [0.3, 0.4) is 0 Å². The van der Waals surface area contributed by atoms with Crippen LogP contribution in [0.15, 0.2) is 39.8 Å². The highest BCUT2D eigenvalue weighted by molar-refractivity contribution is 14.1. The molecule has 0 aromatic heterocycles. The molecule has 0 amide bonds. The molecule has 0 unspecified atom stereocenters. The third-order valence-electron chi connectivity index (χ3n) is 3.73. The fourth-order valence-corrected chi connectivity index (χ4v) is 3.81. The van der Waals surface area contributed by atoms with E-state index >= 15 is 0 Å². The van der Waals surface area contributed by atoms with Crippen LogP contribution in [-0.2, 0) is 0 Å². The number of hydrogen-bond donors (Lipinski definition) is 0. The standard InChI is InChI=1S/C19H22BrIN2O/c1-5-23(6-2)12-22-18-7-14(4)19(8-13(18)3)24-17-10-15(20)9-16(21)11-17/h7-12H,5-6H2,1-4H3. The highest BCUT2D eigenvalue weighted by atomic mass is 127. The van der Waals surface area contributed by atoms with E-state index < -0.39 is 0 Å². The zero-order valence-corrected chi connectivity index (χ0v) is 18.2. The predicted molar refractivity (Wildman–Crippen MR) is 114 cm³/mol. The molecule has 0 spiro atoms. The lowest BCUT2D eigenvalue weighted by molar-refractivity contribution is 0.477. The minimum Gasteiger partial charge on any atom is -0.457 e. The molecule has 5 heteroatoms. The smallest absolute Gasteiger partial charge is 0.130 e. The number of hydrogen-bond acceptors (Lipinski definition) is 2. The lowest BCUT2D eigenvalue weighted by Gasteiger charge is -2.15. The Balaban J connectivity index is 2.26. The van der Waals surface area contributed by atoms with Gasteiger partial charge in [-0.15, -0.1) is 0 Å². The van der Waals surface area contributed by atoms with Crippen LogP contribution in [0, 0.1) is 17.4 Å². The third kappa shape index (κ3) is 5.21. The van der Waals surface area contributed by atoms with Crippen molar-refractivity contribution in [3.63, 3.8) is 0 Å². The van der Waals surface area contributed by atoms with Gasteiger partial charge in [0.05, 0.1) is 12.0 Å². The van der Waals surface area contributed by atoms with E-state index in [9.17, 15) is 0 Å². The third-order valence-corrected chi connectivity index (χ3v) is 4.81. The van der Waals surface area contributed by atoms with Crippen molar-refractivity contribution in [1.29, 1.82) is 0 Å². The van der Waals surface area contributed by atoms with E-state index in [4.69, 9.17) is 4.74 Å². The second kappa shape index (κ2) is 8.85. The average Bonchev–Trinajstić information content (AvgIpc) is 2.51. The molecule has 3 nitrogen and oxygen atoms in total. The van der Waals surface area contributed by atoms with Gasteiger partial charge in [-0.25, -0.2) is 4.99 Å². The monoisotopic (exact) mass is 500 g/mol. The normalized spacial score (nSPS) is 11.1.